The molecule has 0 unspecified atom stereocenters. The molecule has 1 aromatic heterocycles. The van der Waals surface area contributed by atoms with Crippen molar-refractivity contribution in [2.75, 3.05) is 0 Å². The van der Waals surface area contributed by atoms with Gasteiger partial charge >= 0.3 is 0 Å². The lowest BCUT2D eigenvalue weighted by molar-refractivity contribution is 0.150. The van der Waals surface area contributed by atoms with Crippen molar-refractivity contribution in [1.82, 2.24) is 4.98 Å². The maximum atomic E-state index is 12.3. The summed E-state index contributed by atoms with van der Waals surface area (Å²) < 4.78 is 26.1. The number of pyridine rings is 1. The normalized spacial score (nSPS) is 10.8. The van der Waals surface area contributed by atoms with Gasteiger partial charge in [-0.1, -0.05) is 0 Å². The first kappa shape index (κ1) is 10.8. The fourth-order valence-electron chi connectivity index (χ4n) is 0.609. The summed E-state index contributed by atoms with van der Waals surface area (Å²) in [7, 11) is 0. The molecule has 6 heteroatoms. The highest BCUT2D eigenvalue weighted by molar-refractivity contribution is 14.1. The van der Waals surface area contributed by atoms with Gasteiger partial charge in [-0.05, 0) is 54.5 Å². The van der Waals surface area contributed by atoms with Gasteiger partial charge < -0.3 is 0 Å². The molecule has 1 aromatic rings. The van der Waals surface area contributed by atoms with Crippen molar-refractivity contribution in [2.24, 2.45) is 0 Å². The molecule has 0 aliphatic heterocycles. The number of hydrogen-bond acceptors (Lipinski definition) is 1. The minimum absolute atomic E-state index is 0.0809. The molecule has 0 radical (unpaired) electrons. The molecule has 1 rings (SSSR count). The Bertz CT molecular complexity index is 306. The summed E-state index contributed by atoms with van der Waals surface area (Å²) in [5, 5.41) is 0. The number of halogens is 5. The highest BCUT2D eigenvalue weighted by atomic mass is 127. The third kappa shape index (κ3) is 2.14. The highest BCUT2D eigenvalue weighted by Gasteiger charge is 2.15. The average Bonchev–Trinajstić information content (AvgIpc) is 2.00. The van der Waals surface area contributed by atoms with E-state index in [4.69, 9.17) is 0 Å². The van der Waals surface area contributed by atoms with Gasteiger partial charge in [0.15, 0.2) is 0 Å². The van der Waals surface area contributed by atoms with E-state index in [0.717, 1.165) is 6.20 Å². The minimum atomic E-state index is -2.49. The fourth-order valence-corrected chi connectivity index (χ4v) is 2.09. The van der Waals surface area contributed by atoms with Crippen molar-refractivity contribution in [2.45, 2.75) is 6.43 Å². The summed E-state index contributed by atoms with van der Waals surface area (Å²) in [4.78, 5) is 3.76. The lowest BCUT2D eigenvalue weighted by Crippen LogP contribution is -1.92. The molecule has 0 aromatic carbocycles. The lowest BCUT2D eigenvalue weighted by atomic mass is 10.3. The van der Waals surface area contributed by atoms with Crippen molar-refractivity contribution in [1.29, 1.82) is 0 Å². The summed E-state index contributed by atoms with van der Waals surface area (Å²) >= 11 is 8.15. The zero-order valence-electron chi connectivity index (χ0n) is 5.49. The Hall–Kier alpha value is 0.700. The maximum absolute atomic E-state index is 12.3. The standard InChI is InChI=1S/C6H2Br2F2IN/c7-3-2(6(9)10)1-12-5(8)4(3)11/h1,6H. The van der Waals surface area contributed by atoms with Crippen LogP contribution in [0.2, 0.25) is 0 Å². The van der Waals surface area contributed by atoms with E-state index < -0.39 is 6.43 Å². The fraction of sp³-hybridized carbons (Fsp3) is 0.167. The topological polar surface area (TPSA) is 12.9 Å². The van der Waals surface area contributed by atoms with Crippen LogP contribution in [0.1, 0.15) is 12.0 Å². The molecule has 0 saturated carbocycles. The van der Waals surface area contributed by atoms with E-state index in [0.29, 0.717) is 12.6 Å². The number of hydrogen-bond donors (Lipinski definition) is 0. The summed E-state index contributed by atoms with van der Waals surface area (Å²) in [6, 6.07) is 0. The van der Waals surface area contributed by atoms with E-state index in [2.05, 4.69) is 36.8 Å². The molecule has 0 atom stereocenters. The SMILES string of the molecule is FC(F)c1cnc(Br)c(I)c1Br. The molecule has 1 nitrogen and oxygen atoms in total. The Morgan fingerprint density at radius 3 is 2.50 bits per heavy atom. The molecule has 0 bridgehead atoms. The minimum Gasteiger partial charge on any atom is -0.248 e. The van der Waals surface area contributed by atoms with Gasteiger partial charge in [0.1, 0.15) is 4.60 Å². The Morgan fingerprint density at radius 2 is 2.00 bits per heavy atom. The first-order valence-corrected chi connectivity index (χ1v) is 5.48. The van der Waals surface area contributed by atoms with Gasteiger partial charge in [-0.2, -0.15) is 0 Å². The third-order valence-electron chi connectivity index (χ3n) is 1.18. The van der Waals surface area contributed by atoms with Gasteiger partial charge in [0.25, 0.3) is 6.43 Å². The molecule has 0 aliphatic carbocycles. The second-order valence-electron chi connectivity index (χ2n) is 1.93. The van der Waals surface area contributed by atoms with E-state index in [1.54, 1.807) is 0 Å². The first-order chi connectivity index (χ1) is 5.54. The molecule has 0 aliphatic rings. The van der Waals surface area contributed by atoms with E-state index in [9.17, 15) is 8.78 Å². The summed E-state index contributed by atoms with van der Waals surface area (Å²) in [5.41, 5.74) is -0.0809. The van der Waals surface area contributed by atoms with Crippen LogP contribution in [-0.4, -0.2) is 4.98 Å². The van der Waals surface area contributed by atoms with Crippen LogP contribution in [0.3, 0.4) is 0 Å². The van der Waals surface area contributed by atoms with Gasteiger partial charge in [0.05, 0.1) is 9.13 Å². The van der Waals surface area contributed by atoms with Gasteiger partial charge in [0.2, 0.25) is 0 Å². The van der Waals surface area contributed by atoms with Crippen LogP contribution in [0.5, 0.6) is 0 Å². The molecule has 0 amide bonds. The van der Waals surface area contributed by atoms with E-state index >= 15 is 0 Å². The summed E-state index contributed by atoms with van der Waals surface area (Å²) in [6.07, 6.45) is -1.34. The highest BCUT2D eigenvalue weighted by Crippen LogP contribution is 2.33. The third-order valence-corrected chi connectivity index (χ3v) is 5.17. The number of alkyl halides is 2. The zero-order valence-corrected chi connectivity index (χ0v) is 10.8. The van der Waals surface area contributed by atoms with Crippen molar-refractivity contribution in [3.8, 4) is 0 Å². The molecule has 0 N–H and O–H groups in total. The monoisotopic (exact) mass is 411 g/mol. The van der Waals surface area contributed by atoms with E-state index in [-0.39, 0.29) is 5.56 Å². The van der Waals surface area contributed by atoms with Crippen LogP contribution >= 0.6 is 54.5 Å². The molecular weight excluding hydrogens is 411 g/mol. The number of nitrogens with zero attached hydrogens (tertiary/aromatic N) is 1. The second kappa shape index (κ2) is 4.28. The Labute approximate surface area is 98.3 Å². The van der Waals surface area contributed by atoms with Crippen molar-refractivity contribution in [3.05, 3.63) is 24.4 Å². The summed E-state index contributed by atoms with van der Waals surface area (Å²) in [6.45, 7) is 0. The van der Waals surface area contributed by atoms with Crippen LogP contribution in [-0.2, 0) is 0 Å². The van der Waals surface area contributed by atoms with Crippen LogP contribution < -0.4 is 0 Å². The van der Waals surface area contributed by atoms with Crippen molar-refractivity contribution in [3.63, 3.8) is 0 Å². The lowest BCUT2D eigenvalue weighted by Gasteiger charge is -2.05. The average molecular weight is 413 g/mol. The predicted molar refractivity (Wildman–Crippen MR) is 57.3 cm³/mol. The van der Waals surface area contributed by atoms with Crippen molar-refractivity contribution < 1.29 is 8.78 Å². The smallest absolute Gasteiger partial charge is 0.248 e. The van der Waals surface area contributed by atoms with Crippen LogP contribution in [0, 0.1) is 3.57 Å². The van der Waals surface area contributed by atoms with Gasteiger partial charge in [-0.15, -0.1) is 0 Å². The number of aromatic nitrogens is 1. The van der Waals surface area contributed by atoms with Crippen LogP contribution in [0.4, 0.5) is 8.78 Å². The first-order valence-electron chi connectivity index (χ1n) is 2.81. The molecule has 1 heterocycles. The number of rotatable bonds is 1. The Morgan fingerprint density at radius 1 is 1.42 bits per heavy atom. The molecule has 12 heavy (non-hydrogen) atoms. The molecule has 0 spiro atoms. The maximum Gasteiger partial charge on any atom is 0.266 e. The zero-order chi connectivity index (χ0) is 9.30. The predicted octanol–water partition coefficient (Wildman–Crippen LogP) is 4.15. The quantitative estimate of drug-likeness (QED) is 0.499. The van der Waals surface area contributed by atoms with Gasteiger partial charge in [-0.25, -0.2) is 13.8 Å². The molecule has 66 valence electrons. The van der Waals surface area contributed by atoms with E-state index in [1.165, 1.54) is 0 Å². The van der Waals surface area contributed by atoms with Gasteiger partial charge in [0, 0.05) is 10.7 Å². The second-order valence-corrected chi connectivity index (χ2v) is 4.56. The van der Waals surface area contributed by atoms with Crippen molar-refractivity contribution >= 4 is 54.5 Å². The largest absolute Gasteiger partial charge is 0.266 e. The van der Waals surface area contributed by atoms with Crippen LogP contribution in [0.25, 0.3) is 0 Å². The molecular formula is C6H2Br2F2IN. The van der Waals surface area contributed by atoms with E-state index in [1.807, 2.05) is 22.6 Å². The molecule has 0 saturated heterocycles. The van der Waals surface area contributed by atoms with Crippen LogP contribution in [0.15, 0.2) is 15.3 Å². The molecule has 0 fully saturated rings. The Kier molecular flexibility index (Phi) is 3.84. The summed E-state index contributed by atoms with van der Waals surface area (Å²) in [5.74, 6) is 0. The Balaban J connectivity index is 3.27. The van der Waals surface area contributed by atoms with Gasteiger partial charge in [-0.3, -0.25) is 0 Å².